The number of ketones is 2. The van der Waals surface area contributed by atoms with Gasteiger partial charge in [0, 0.05) is 23.7 Å². The molecule has 0 heterocycles. The molecule has 4 rings (SSSR count). The van der Waals surface area contributed by atoms with Gasteiger partial charge in [-0.3, -0.25) is 9.59 Å². The molecule has 172 valence electrons. The zero-order valence-electron chi connectivity index (χ0n) is 18.6. The molecule has 0 aliphatic heterocycles. The van der Waals surface area contributed by atoms with Crippen LogP contribution in [0.3, 0.4) is 0 Å². The van der Waals surface area contributed by atoms with E-state index in [9.17, 15) is 35.5 Å². The molecule has 8 nitrogen and oxygen atoms in total. The van der Waals surface area contributed by atoms with Crippen LogP contribution in [-0.2, 0) is 29.8 Å². The van der Waals surface area contributed by atoms with Crippen LogP contribution in [0.4, 0.5) is 0 Å². The van der Waals surface area contributed by atoms with E-state index in [1.807, 2.05) is 27.7 Å². The third-order valence-corrected chi connectivity index (χ3v) is 10.8. The van der Waals surface area contributed by atoms with Gasteiger partial charge in [0.2, 0.25) is 0 Å². The quantitative estimate of drug-likeness (QED) is 0.414. The van der Waals surface area contributed by atoms with Gasteiger partial charge in [0.05, 0.1) is 31.7 Å². The summed E-state index contributed by atoms with van der Waals surface area (Å²) in [7, 11) is -8.65. The fraction of sp³-hybridized carbons (Fsp3) is 0.900. The monoisotopic (exact) mass is 502 g/mol. The second-order valence-corrected chi connectivity index (χ2v) is 13.5. The fourth-order valence-electron chi connectivity index (χ4n) is 6.82. The van der Waals surface area contributed by atoms with E-state index in [2.05, 4.69) is 0 Å². The molecule has 0 aromatic heterocycles. The maximum atomic E-state index is 11.8. The maximum Gasteiger partial charge on any atom is 2.00 e. The number of Topliss-reactive ketones (excluding diaryl/α,β-unsaturated/α-hetero) is 2. The minimum absolute atomic E-state index is 0. The number of carbonyl (C=O) groups excluding carboxylic acids is 2. The van der Waals surface area contributed by atoms with Crippen molar-refractivity contribution in [2.45, 2.75) is 66.2 Å². The molecule has 4 aliphatic carbocycles. The van der Waals surface area contributed by atoms with Gasteiger partial charge in [-0.15, -0.1) is 0 Å². The first kappa shape index (κ1) is 27.7. The average Bonchev–Trinajstić information content (AvgIpc) is 3.05. The van der Waals surface area contributed by atoms with Crippen LogP contribution in [0.2, 0.25) is 0 Å². The normalized spacial score (nSPS) is 37.4. The number of fused-ring (bicyclic) bond motifs is 4. The van der Waals surface area contributed by atoms with E-state index in [-0.39, 0.29) is 72.0 Å². The number of carbonyl (C=O) groups is 2. The Morgan fingerprint density at radius 3 is 1.19 bits per heavy atom. The Kier molecular flexibility index (Phi) is 7.38. The van der Waals surface area contributed by atoms with Gasteiger partial charge in [0.25, 0.3) is 0 Å². The minimum Gasteiger partial charge on any atom is -0.748 e. The van der Waals surface area contributed by atoms with Crippen molar-refractivity contribution >= 4 is 69.5 Å². The Hall–Kier alpha value is 0.420. The Morgan fingerprint density at radius 1 is 0.742 bits per heavy atom. The maximum absolute atomic E-state index is 11.8. The van der Waals surface area contributed by atoms with E-state index >= 15 is 0 Å². The summed E-state index contributed by atoms with van der Waals surface area (Å²) in [5.41, 5.74) is -2.44. The van der Waals surface area contributed by atoms with Crippen molar-refractivity contribution in [2.75, 3.05) is 11.5 Å². The van der Waals surface area contributed by atoms with Crippen molar-refractivity contribution in [1.29, 1.82) is 0 Å². The molecule has 4 aliphatic rings. The molecule has 0 N–H and O–H groups in total. The Morgan fingerprint density at radius 2 is 1.03 bits per heavy atom. The van der Waals surface area contributed by atoms with E-state index in [0.717, 1.165) is 12.8 Å². The van der Waals surface area contributed by atoms with Gasteiger partial charge >= 0.3 is 37.7 Å². The Labute approximate surface area is 214 Å². The summed E-state index contributed by atoms with van der Waals surface area (Å²) in [5.74, 6) is -0.560. The Bertz CT molecular complexity index is 905. The summed E-state index contributed by atoms with van der Waals surface area (Å²) < 4.78 is 65.4. The van der Waals surface area contributed by atoms with Gasteiger partial charge < -0.3 is 9.11 Å². The molecule has 0 saturated heterocycles. The minimum atomic E-state index is -4.33. The molecule has 4 bridgehead atoms. The first-order valence-electron chi connectivity index (χ1n) is 10.3. The molecule has 0 spiro atoms. The first-order valence-corrected chi connectivity index (χ1v) is 13.5. The molecule has 0 unspecified atom stereocenters. The second-order valence-electron chi connectivity index (χ2n) is 10.7. The molecule has 0 aromatic carbocycles. The van der Waals surface area contributed by atoms with Gasteiger partial charge in [0.1, 0.15) is 11.6 Å². The first-order chi connectivity index (χ1) is 13.4. The predicted octanol–water partition coefficient (Wildman–Crippen LogP) is 1.47. The van der Waals surface area contributed by atoms with E-state index in [0.29, 0.717) is 25.7 Å². The van der Waals surface area contributed by atoms with Gasteiger partial charge in [0.15, 0.2) is 0 Å². The van der Waals surface area contributed by atoms with E-state index < -0.39 is 42.6 Å². The second kappa shape index (κ2) is 8.27. The van der Waals surface area contributed by atoms with E-state index in [1.54, 1.807) is 0 Å². The summed E-state index contributed by atoms with van der Waals surface area (Å²) in [6.45, 7) is 7.67. The van der Waals surface area contributed by atoms with Crippen molar-refractivity contribution in [3.05, 3.63) is 0 Å². The van der Waals surface area contributed by atoms with Crippen LogP contribution < -0.4 is 0 Å². The van der Waals surface area contributed by atoms with Crippen LogP contribution in [0, 0.1) is 33.5 Å². The summed E-state index contributed by atoms with van der Waals surface area (Å²) in [4.78, 5) is 23.7. The fourth-order valence-corrected chi connectivity index (χ4v) is 9.38. The molecule has 4 fully saturated rings. The predicted molar refractivity (Wildman–Crippen MR) is 112 cm³/mol. The molecular formula is C20H30CaO8S2. The van der Waals surface area contributed by atoms with Gasteiger partial charge in [-0.2, -0.15) is 0 Å². The van der Waals surface area contributed by atoms with Crippen LogP contribution in [-0.4, -0.2) is 86.8 Å². The molecule has 4 atom stereocenters. The summed E-state index contributed by atoms with van der Waals surface area (Å²) in [6.07, 6.45) is 3.75. The number of rotatable bonds is 4. The molecule has 0 aromatic rings. The molecule has 0 radical (unpaired) electrons. The number of hydrogen-bond donors (Lipinski definition) is 0. The molecule has 0 amide bonds. The topological polar surface area (TPSA) is 149 Å². The molecule has 4 saturated carbocycles. The van der Waals surface area contributed by atoms with Crippen molar-refractivity contribution < 1.29 is 35.5 Å². The standard InChI is InChI=1S/2C10H16O4S.Ca/c2*1-9(2)7-3-4-10(9,8(11)5-7)6-15(12,13)14;/h2*7H,3-6H2,1-2H3,(H,12,13,14);/q;;+2/p-2/t2*7-,10-;/m11./s1. The summed E-state index contributed by atoms with van der Waals surface area (Å²) in [5, 5.41) is 0. The number of hydrogen-bond acceptors (Lipinski definition) is 8. The van der Waals surface area contributed by atoms with E-state index in [4.69, 9.17) is 0 Å². The third-order valence-electron chi connectivity index (χ3n) is 9.12. The van der Waals surface area contributed by atoms with E-state index in [1.165, 1.54) is 0 Å². The summed E-state index contributed by atoms with van der Waals surface area (Å²) in [6, 6.07) is 0. The largest absolute Gasteiger partial charge is 2.00 e. The Balaban J connectivity index is 0.000000213. The molecule has 31 heavy (non-hydrogen) atoms. The molecular weight excluding hydrogens is 472 g/mol. The van der Waals surface area contributed by atoms with Crippen molar-refractivity contribution in [2.24, 2.45) is 33.5 Å². The zero-order valence-corrected chi connectivity index (χ0v) is 22.4. The smallest absolute Gasteiger partial charge is 0.748 e. The van der Waals surface area contributed by atoms with Crippen molar-refractivity contribution in [1.82, 2.24) is 0 Å². The third kappa shape index (κ3) is 4.44. The SMILES string of the molecule is CC1(C)[C@@H]2CC[C@@]1(CS(=O)(=O)[O-])C(=O)C2.CC1(C)[C@@H]2CC[C@@]1(CS(=O)(=O)[O-])C(=O)C2.[Ca+2]. The zero-order chi connectivity index (χ0) is 23.0. The van der Waals surface area contributed by atoms with Crippen LogP contribution >= 0.6 is 0 Å². The van der Waals surface area contributed by atoms with Crippen LogP contribution in [0.15, 0.2) is 0 Å². The average molecular weight is 503 g/mol. The van der Waals surface area contributed by atoms with Crippen LogP contribution in [0.25, 0.3) is 0 Å². The van der Waals surface area contributed by atoms with Gasteiger partial charge in [-0.05, 0) is 48.3 Å². The summed E-state index contributed by atoms with van der Waals surface area (Å²) >= 11 is 0. The van der Waals surface area contributed by atoms with Gasteiger partial charge in [-0.25, -0.2) is 16.8 Å². The van der Waals surface area contributed by atoms with Crippen molar-refractivity contribution in [3.63, 3.8) is 0 Å². The van der Waals surface area contributed by atoms with Crippen LogP contribution in [0.1, 0.15) is 66.2 Å². The molecule has 11 heteroatoms. The van der Waals surface area contributed by atoms with Gasteiger partial charge in [-0.1, -0.05) is 27.7 Å². The van der Waals surface area contributed by atoms with Crippen LogP contribution in [0.5, 0.6) is 0 Å². The van der Waals surface area contributed by atoms with Crippen molar-refractivity contribution in [3.8, 4) is 0 Å².